The maximum absolute atomic E-state index is 13.8. The molecule has 0 aromatic heterocycles. The van der Waals surface area contributed by atoms with Crippen molar-refractivity contribution in [3.05, 3.63) is 239 Å². The summed E-state index contributed by atoms with van der Waals surface area (Å²) in [6.07, 6.45) is 6.56. The lowest BCUT2D eigenvalue weighted by Gasteiger charge is -2.29. The molecule has 0 saturated heterocycles. The Hall–Kier alpha value is -8.06. The van der Waals surface area contributed by atoms with Crippen LogP contribution in [0.3, 0.4) is 0 Å². The van der Waals surface area contributed by atoms with E-state index in [1.54, 1.807) is 91.0 Å². The van der Waals surface area contributed by atoms with E-state index in [1.165, 1.54) is 19.2 Å². The predicted octanol–water partition coefficient (Wildman–Crippen LogP) is 17.3. The molecule has 8 aromatic carbocycles. The Balaban J connectivity index is 0.847. The lowest BCUT2D eigenvalue weighted by Crippen LogP contribution is -2.20. The van der Waals surface area contributed by atoms with Crippen molar-refractivity contribution in [1.82, 2.24) is 0 Å². The molecular weight excluding hydrogens is 1050 g/mol. The van der Waals surface area contributed by atoms with E-state index in [4.69, 9.17) is 28.4 Å². The molecule has 0 bridgehead atoms. The summed E-state index contributed by atoms with van der Waals surface area (Å²) in [6.45, 7) is 23.8. The Morgan fingerprint density at radius 1 is 0.432 bits per heavy atom. The van der Waals surface area contributed by atoms with E-state index in [0.29, 0.717) is 53.5 Å². The van der Waals surface area contributed by atoms with Gasteiger partial charge in [0.05, 0.1) is 39.9 Å². The highest BCUT2D eigenvalue weighted by Gasteiger charge is 2.28. The zero-order chi connectivity index (χ0) is 58.1. The number of methoxy groups -OCH3 is 1. The first-order valence-electron chi connectivity index (χ1n) is 27.1. The molecule has 8 rings (SSSR count). The second-order valence-corrected chi connectivity index (χ2v) is 25.1. The summed E-state index contributed by atoms with van der Waals surface area (Å²) in [5.41, 5.74) is 7.53. The number of ether oxygens (including phenoxy) is 6. The topological polar surface area (TPSA) is 124 Å². The standard InChI is InChI=1S/C69H72O10S2/c1-12-55(13-2)75-41-15-14-16-42-76-57-21-17-51(18-22-57)68(7,8)52-19-23-58(24-20-52)77-59-27-35-63(36-28-59)81(72,73)65-39-31-61(32-40-65)79-67-49(5)45-54(46-50(67)6)69(9,10)53-43-47(3)66(48(4)44-53)78-60-29-37-64(38-30-60)80(70,71)62-33-25-56(74-11)26-34-62/h12-13,17-40,43-46H,1,14-16,41-42H2,2-11H3/b55-13+. The van der Waals surface area contributed by atoms with Crippen molar-refractivity contribution in [2.24, 2.45) is 0 Å². The van der Waals surface area contributed by atoms with Crippen molar-refractivity contribution in [3.63, 3.8) is 0 Å². The van der Waals surface area contributed by atoms with E-state index >= 15 is 0 Å². The fourth-order valence-corrected chi connectivity index (χ4v) is 12.2. The Labute approximate surface area is 479 Å². The van der Waals surface area contributed by atoms with Gasteiger partial charge in [-0.25, -0.2) is 16.8 Å². The molecule has 0 heterocycles. The number of hydrogen-bond donors (Lipinski definition) is 0. The number of aryl methyl sites for hydroxylation is 4. The SMILES string of the molecule is C=C/C(=C\C)OCCCCCOc1ccc(C(C)(C)c2ccc(Oc3ccc(S(=O)(=O)c4ccc(Oc5c(C)cc(C(C)(C)c6cc(C)c(Oc7ccc(S(=O)(=O)c8ccc(OC)cc8)cc7)c(C)c6)cc5C)cc4)cc3)cc2)cc1. The first-order chi connectivity index (χ1) is 38.6. The molecule has 0 N–H and O–H groups in total. The fraction of sp³-hybridized carbons (Fsp3) is 0.246. The number of sulfone groups is 2. The van der Waals surface area contributed by atoms with Crippen LogP contribution in [0.15, 0.2) is 214 Å². The van der Waals surface area contributed by atoms with Crippen LogP contribution in [-0.2, 0) is 35.2 Å². The normalized spacial score (nSPS) is 12.1. The van der Waals surface area contributed by atoms with Crippen LogP contribution < -0.4 is 23.7 Å². The summed E-state index contributed by atoms with van der Waals surface area (Å²) in [7, 11) is -6.04. The summed E-state index contributed by atoms with van der Waals surface area (Å²) in [5.74, 6) is 5.82. The lowest BCUT2D eigenvalue weighted by atomic mass is 9.76. The molecule has 0 fully saturated rings. The van der Waals surface area contributed by atoms with Gasteiger partial charge in [0.15, 0.2) is 0 Å². The van der Waals surface area contributed by atoms with Crippen LogP contribution in [0.5, 0.6) is 46.0 Å². The molecule has 12 heteroatoms. The first kappa shape index (κ1) is 59.1. The summed E-state index contributed by atoms with van der Waals surface area (Å²) in [4.78, 5) is 0.639. The van der Waals surface area contributed by atoms with Gasteiger partial charge in [0.25, 0.3) is 0 Å². The van der Waals surface area contributed by atoms with Crippen LogP contribution in [0.25, 0.3) is 0 Å². The van der Waals surface area contributed by atoms with Crippen molar-refractivity contribution in [2.75, 3.05) is 20.3 Å². The molecule has 0 unspecified atom stereocenters. The molecule has 0 aliphatic heterocycles. The molecule has 0 saturated carbocycles. The number of benzene rings is 8. The van der Waals surface area contributed by atoms with E-state index in [1.807, 2.05) is 65.0 Å². The monoisotopic (exact) mass is 1120 g/mol. The minimum atomic E-state index is -3.85. The van der Waals surface area contributed by atoms with Gasteiger partial charge in [0.2, 0.25) is 19.7 Å². The van der Waals surface area contributed by atoms with Crippen LogP contribution in [-0.4, -0.2) is 37.2 Å². The molecule has 0 spiro atoms. The van der Waals surface area contributed by atoms with E-state index in [9.17, 15) is 16.8 Å². The Kier molecular flexibility index (Phi) is 18.4. The molecule has 0 radical (unpaired) electrons. The second kappa shape index (κ2) is 25.2. The van der Waals surface area contributed by atoms with Crippen molar-refractivity contribution in [1.29, 1.82) is 0 Å². The molecule has 0 atom stereocenters. The third kappa shape index (κ3) is 13.8. The maximum Gasteiger partial charge on any atom is 0.206 e. The number of unbranched alkanes of at least 4 members (excludes halogenated alkanes) is 2. The van der Waals surface area contributed by atoms with Gasteiger partial charge in [-0.15, -0.1) is 0 Å². The second-order valence-electron chi connectivity index (χ2n) is 21.2. The minimum absolute atomic E-state index is 0.145. The van der Waals surface area contributed by atoms with Crippen LogP contribution in [0.2, 0.25) is 0 Å². The average Bonchev–Trinajstić information content (AvgIpc) is 3.60. The van der Waals surface area contributed by atoms with Crippen LogP contribution in [0, 0.1) is 27.7 Å². The van der Waals surface area contributed by atoms with Gasteiger partial charge in [-0.3, -0.25) is 0 Å². The van der Waals surface area contributed by atoms with Gasteiger partial charge < -0.3 is 28.4 Å². The Bertz CT molecular complexity index is 3690. The van der Waals surface area contributed by atoms with Crippen molar-refractivity contribution >= 4 is 19.7 Å². The molecule has 0 aliphatic carbocycles. The maximum atomic E-state index is 13.8. The van der Waals surface area contributed by atoms with Crippen molar-refractivity contribution in [2.45, 2.75) is 112 Å². The summed E-state index contributed by atoms with van der Waals surface area (Å²) < 4.78 is 90.1. The third-order valence-corrected chi connectivity index (χ3v) is 18.3. The molecule has 0 aliphatic rings. The molecule has 8 aromatic rings. The van der Waals surface area contributed by atoms with Gasteiger partial charge in [0.1, 0.15) is 51.8 Å². The minimum Gasteiger partial charge on any atom is -0.497 e. The quantitative estimate of drug-likeness (QED) is 0.0328. The molecular formula is C69H72O10S2. The summed E-state index contributed by atoms with van der Waals surface area (Å²) in [6, 6.07) is 50.5. The zero-order valence-electron chi connectivity index (χ0n) is 48.0. The Morgan fingerprint density at radius 2 is 0.753 bits per heavy atom. The van der Waals surface area contributed by atoms with E-state index in [-0.39, 0.29) is 25.0 Å². The van der Waals surface area contributed by atoms with Crippen molar-refractivity contribution in [3.8, 4) is 46.0 Å². The first-order valence-corrected chi connectivity index (χ1v) is 30.1. The van der Waals surface area contributed by atoms with E-state index in [0.717, 1.165) is 75.3 Å². The largest absolute Gasteiger partial charge is 0.497 e. The predicted molar refractivity (Wildman–Crippen MR) is 322 cm³/mol. The lowest BCUT2D eigenvalue weighted by molar-refractivity contribution is 0.212. The smallest absolute Gasteiger partial charge is 0.206 e. The van der Waals surface area contributed by atoms with E-state index < -0.39 is 25.1 Å². The summed E-state index contributed by atoms with van der Waals surface area (Å²) in [5, 5.41) is 0. The Morgan fingerprint density at radius 3 is 1.11 bits per heavy atom. The van der Waals surface area contributed by atoms with Gasteiger partial charge in [0, 0.05) is 10.8 Å². The van der Waals surface area contributed by atoms with Crippen LogP contribution >= 0.6 is 0 Å². The average molecular weight is 1130 g/mol. The molecule has 0 amide bonds. The van der Waals surface area contributed by atoms with Gasteiger partial charge in [-0.05, 0) is 232 Å². The van der Waals surface area contributed by atoms with Crippen LogP contribution in [0.1, 0.15) is 98.4 Å². The van der Waals surface area contributed by atoms with Gasteiger partial charge in [-0.2, -0.15) is 0 Å². The molecule has 420 valence electrons. The molecule has 10 nitrogen and oxygen atoms in total. The molecule has 81 heavy (non-hydrogen) atoms. The number of hydrogen-bond acceptors (Lipinski definition) is 10. The van der Waals surface area contributed by atoms with Crippen LogP contribution in [0.4, 0.5) is 0 Å². The van der Waals surface area contributed by atoms with Gasteiger partial charge in [-0.1, -0.05) is 82.8 Å². The highest BCUT2D eigenvalue weighted by atomic mass is 32.2. The van der Waals surface area contributed by atoms with Gasteiger partial charge >= 0.3 is 0 Å². The summed E-state index contributed by atoms with van der Waals surface area (Å²) >= 11 is 0. The zero-order valence-corrected chi connectivity index (χ0v) is 49.6. The van der Waals surface area contributed by atoms with Crippen molar-refractivity contribution < 1.29 is 45.3 Å². The number of allylic oxidation sites excluding steroid dienone is 2. The third-order valence-electron chi connectivity index (χ3n) is 14.8. The highest BCUT2D eigenvalue weighted by Crippen LogP contribution is 2.41. The number of rotatable bonds is 24. The highest BCUT2D eigenvalue weighted by molar-refractivity contribution is 7.91. The fourth-order valence-electron chi connectivity index (χ4n) is 9.67. The van der Waals surface area contributed by atoms with E-state index in [2.05, 4.69) is 82.8 Å².